The van der Waals surface area contributed by atoms with Crippen LogP contribution in [0, 0.1) is 0 Å². The third kappa shape index (κ3) is 5.34. The summed E-state index contributed by atoms with van der Waals surface area (Å²) < 4.78 is 40.1. The average molecular weight is 515 g/mol. The Labute approximate surface area is 215 Å². The molecule has 0 aliphatic heterocycles. The lowest BCUT2D eigenvalue weighted by Gasteiger charge is -2.11. The smallest absolute Gasteiger partial charge is 0.319 e. The molecule has 5 aromatic rings. The summed E-state index contributed by atoms with van der Waals surface area (Å²) in [6.45, 7) is 0. The van der Waals surface area contributed by atoms with Crippen molar-refractivity contribution in [2.24, 2.45) is 0 Å². The topological polar surface area (TPSA) is 87.5 Å². The molecule has 5 rings (SSSR count). The maximum Gasteiger partial charge on any atom is 0.416 e. The fraction of sp³-hybridized carbons (Fsp3) is 0.0357. The number of halogens is 3. The van der Waals surface area contributed by atoms with E-state index in [4.69, 9.17) is 0 Å². The number of benzene rings is 3. The normalized spacial score (nSPS) is 11.2. The standard InChI is InChI=1S/C28H20F3N5O2/c29-28(30,31)20-11-13-21(14-12-20)33-27(38)34-22-9-4-8-19(16-22)24-17-32-25-23(10-5-15-36(24)25)35-26(37)18-6-2-1-3-7-18/h1-17H,(H,35,37)(H2,33,34,38). The minimum atomic E-state index is -4.45. The number of urea groups is 1. The fourth-order valence-electron chi connectivity index (χ4n) is 3.90. The van der Waals surface area contributed by atoms with E-state index >= 15 is 0 Å². The zero-order chi connectivity index (χ0) is 26.7. The summed E-state index contributed by atoms with van der Waals surface area (Å²) in [5.74, 6) is -0.256. The molecular formula is C28H20F3N5O2. The van der Waals surface area contributed by atoms with Crippen molar-refractivity contribution < 1.29 is 22.8 Å². The highest BCUT2D eigenvalue weighted by molar-refractivity contribution is 6.06. The summed E-state index contributed by atoms with van der Waals surface area (Å²) in [4.78, 5) is 29.5. The van der Waals surface area contributed by atoms with Gasteiger partial charge in [-0.15, -0.1) is 0 Å². The molecule has 3 aromatic carbocycles. The number of anilines is 3. The third-order valence-electron chi connectivity index (χ3n) is 5.71. The number of amides is 3. The van der Waals surface area contributed by atoms with Gasteiger partial charge in [0.15, 0.2) is 5.65 Å². The number of nitrogens with zero attached hydrogens (tertiary/aromatic N) is 2. The second-order valence-corrected chi connectivity index (χ2v) is 8.31. The average Bonchev–Trinajstić information content (AvgIpc) is 3.34. The van der Waals surface area contributed by atoms with E-state index in [1.54, 1.807) is 60.8 Å². The number of aromatic nitrogens is 2. The molecular weight excluding hydrogens is 495 g/mol. The van der Waals surface area contributed by atoms with Crippen molar-refractivity contribution in [3.8, 4) is 11.3 Å². The van der Waals surface area contributed by atoms with Crippen molar-refractivity contribution >= 4 is 34.6 Å². The molecule has 0 saturated heterocycles. The molecule has 0 atom stereocenters. The van der Waals surface area contributed by atoms with E-state index in [-0.39, 0.29) is 11.6 Å². The monoisotopic (exact) mass is 515 g/mol. The summed E-state index contributed by atoms with van der Waals surface area (Å²) in [5.41, 5.74) is 2.97. The molecule has 0 radical (unpaired) electrons. The van der Waals surface area contributed by atoms with Crippen molar-refractivity contribution in [1.29, 1.82) is 0 Å². The van der Waals surface area contributed by atoms with E-state index in [0.29, 0.717) is 22.6 Å². The first-order valence-corrected chi connectivity index (χ1v) is 11.5. The largest absolute Gasteiger partial charge is 0.416 e. The molecule has 0 bridgehead atoms. The van der Waals surface area contributed by atoms with Crippen LogP contribution in [0.2, 0.25) is 0 Å². The van der Waals surface area contributed by atoms with Crippen molar-refractivity contribution in [3.63, 3.8) is 0 Å². The number of rotatable bonds is 5. The minimum Gasteiger partial charge on any atom is -0.319 e. The number of carbonyl (C=O) groups is 2. The van der Waals surface area contributed by atoms with Crippen LogP contribution in [-0.4, -0.2) is 21.3 Å². The number of pyridine rings is 1. The minimum absolute atomic E-state index is 0.221. The lowest BCUT2D eigenvalue weighted by molar-refractivity contribution is -0.137. The number of nitrogens with one attached hydrogen (secondary N) is 3. The molecule has 2 aromatic heterocycles. The Kier molecular flexibility index (Phi) is 6.53. The van der Waals surface area contributed by atoms with Crippen molar-refractivity contribution in [2.45, 2.75) is 6.18 Å². The molecule has 7 nitrogen and oxygen atoms in total. The molecule has 10 heteroatoms. The van der Waals surface area contributed by atoms with Gasteiger partial charge in [0.1, 0.15) is 0 Å². The van der Waals surface area contributed by atoms with Gasteiger partial charge in [-0.1, -0.05) is 30.3 Å². The number of carbonyl (C=O) groups excluding carboxylic acids is 2. The predicted octanol–water partition coefficient (Wildman–Crippen LogP) is 6.92. The van der Waals surface area contributed by atoms with Gasteiger partial charge in [0.25, 0.3) is 5.91 Å². The molecule has 0 saturated carbocycles. The van der Waals surface area contributed by atoms with Gasteiger partial charge in [-0.25, -0.2) is 9.78 Å². The van der Waals surface area contributed by atoms with Crippen LogP contribution in [0.5, 0.6) is 0 Å². The second kappa shape index (κ2) is 10.1. The summed E-state index contributed by atoms with van der Waals surface area (Å²) >= 11 is 0. The van der Waals surface area contributed by atoms with Gasteiger partial charge in [0.05, 0.1) is 23.1 Å². The van der Waals surface area contributed by atoms with Gasteiger partial charge in [0.2, 0.25) is 0 Å². The van der Waals surface area contributed by atoms with Gasteiger partial charge < -0.3 is 16.0 Å². The van der Waals surface area contributed by atoms with Crippen molar-refractivity contribution in [3.05, 3.63) is 115 Å². The van der Waals surface area contributed by atoms with Crippen LogP contribution in [0.1, 0.15) is 15.9 Å². The number of fused-ring (bicyclic) bond motifs is 1. The first kappa shape index (κ1) is 24.6. The van der Waals surface area contributed by atoms with Gasteiger partial charge in [-0.2, -0.15) is 13.2 Å². The molecule has 3 N–H and O–H groups in total. The van der Waals surface area contributed by atoms with Crippen LogP contribution in [0.3, 0.4) is 0 Å². The van der Waals surface area contributed by atoms with Gasteiger partial charge in [-0.3, -0.25) is 9.20 Å². The highest BCUT2D eigenvalue weighted by Gasteiger charge is 2.30. The van der Waals surface area contributed by atoms with Crippen LogP contribution in [0.15, 0.2) is 103 Å². The summed E-state index contributed by atoms with van der Waals surface area (Å²) in [7, 11) is 0. The third-order valence-corrected chi connectivity index (χ3v) is 5.71. The van der Waals surface area contributed by atoms with Crippen LogP contribution in [0.4, 0.5) is 35.0 Å². The SMILES string of the molecule is O=C(Nc1ccc(C(F)(F)F)cc1)Nc1cccc(-c2cnc3c(NC(=O)c4ccccc4)cccn23)c1. The van der Waals surface area contributed by atoms with Crippen molar-refractivity contribution in [1.82, 2.24) is 9.38 Å². The van der Waals surface area contributed by atoms with Gasteiger partial charge in [-0.05, 0) is 60.7 Å². The predicted molar refractivity (Wildman–Crippen MR) is 139 cm³/mol. The lowest BCUT2D eigenvalue weighted by Crippen LogP contribution is -2.19. The second-order valence-electron chi connectivity index (χ2n) is 8.31. The number of alkyl halides is 3. The van der Waals surface area contributed by atoms with Crippen LogP contribution < -0.4 is 16.0 Å². The molecule has 0 spiro atoms. The van der Waals surface area contributed by atoms with Crippen LogP contribution in [-0.2, 0) is 6.18 Å². The molecule has 3 amide bonds. The Morgan fingerprint density at radius 2 is 1.50 bits per heavy atom. The van der Waals surface area contributed by atoms with Crippen LogP contribution >= 0.6 is 0 Å². The van der Waals surface area contributed by atoms with E-state index in [9.17, 15) is 22.8 Å². The first-order chi connectivity index (χ1) is 18.3. The molecule has 2 heterocycles. The highest BCUT2D eigenvalue weighted by atomic mass is 19.4. The quantitative estimate of drug-likeness (QED) is 0.238. The number of imidazole rings is 1. The molecule has 0 fully saturated rings. The lowest BCUT2D eigenvalue weighted by atomic mass is 10.1. The highest BCUT2D eigenvalue weighted by Crippen LogP contribution is 2.30. The molecule has 38 heavy (non-hydrogen) atoms. The number of hydrogen-bond donors (Lipinski definition) is 3. The van der Waals surface area contributed by atoms with E-state index < -0.39 is 17.8 Å². The Bertz CT molecular complexity index is 1610. The molecule has 0 aliphatic rings. The molecule has 190 valence electrons. The molecule has 0 aliphatic carbocycles. The zero-order valence-corrected chi connectivity index (χ0v) is 19.7. The summed E-state index contributed by atoms with van der Waals surface area (Å²) in [5, 5.41) is 8.09. The van der Waals surface area contributed by atoms with E-state index in [1.165, 1.54) is 12.1 Å². The Hall–Kier alpha value is -5.12. The van der Waals surface area contributed by atoms with Crippen LogP contribution in [0.25, 0.3) is 16.9 Å². The van der Waals surface area contributed by atoms with Crippen molar-refractivity contribution in [2.75, 3.05) is 16.0 Å². The summed E-state index contributed by atoms with van der Waals surface area (Å²) in [6, 6.07) is 23.0. The van der Waals surface area contributed by atoms with Gasteiger partial charge >= 0.3 is 12.2 Å². The molecule has 0 unspecified atom stereocenters. The van der Waals surface area contributed by atoms with E-state index in [2.05, 4.69) is 20.9 Å². The number of hydrogen-bond acceptors (Lipinski definition) is 3. The first-order valence-electron chi connectivity index (χ1n) is 11.5. The maximum absolute atomic E-state index is 12.7. The fourth-order valence-corrected chi connectivity index (χ4v) is 3.90. The summed E-state index contributed by atoms with van der Waals surface area (Å²) in [6.07, 6.45) is -0.977. The van der Waals surface area contributed by atoms with E-state index in [0.717, 1.165) is 23.4 Å². The Morgan fingerprint density at radius 3 is 2.24 bits per heavy atom. The Morgan fingerprint density at radius 1 is 0.763 bits per heavy atom. The van der Waals surface area contributed by atoms with E-state index in [1.807, 2.05) is 22.7 Å². The zero-order valence-electron chi connectivity index (χ0n) is 19.7. The van der Waals surface area contributed by atoms with Gasteiger partial charge in [0, 0.05) is 28.7 Å². The maximum atomic E-state index is 12.7. The Balaban J connectivity index is 1.32.